The number of allylic oxidation sites excluding steroid dienone is 1. The van der Waals surface area contributed by atoms with Crippen molar-refractivity contribution >= 4 is 11.9 Å². The number of fused-ring (bicyclic) bond motifs is 1. The lowest BCUT2D eigenvalue weighted by Gasteiger charge is -2.06. The van der Waals surface area contributed by atoms with Crippen LogP contribution in [0.4, 0.5) is 0 Å². The van der Waals surface area contributed by atoms with E-state index in [-0.39, 0.29) is 11.2 Å². The molecule has 0 bridgehead atoms. The van der Waals surface area contributed by atoms with Crippen LogP contribution in [0.15, 0.2) is 23.1 Å². The molecule has 0 saturated carbocycles. The molecule has 0 unspecified atom stereocenters. The number of aromatic amines is 1. The number of Topliss-reactive ketones (excluding diaryl/α,β-unsaturated/α-hetero) is 1. The Hall–Kier alpha value is -1.64. The van der Waals surface area contributed by atoms with Crippen molar-refractivity contribution in [2.75, 3.05) is 0 Å². The highest BCUT2D eigenvalue weighted by molar-refractivity contribution is 6.01. The highest BCUT2D eigenvalue weighted by Crippen LogP contribution is 2.12. The fourth-order valence-electron chi connectivity index (χ4n) is 1.30. The summed E-state index contributed by atoms with van der Waals surface area (Å²) in [4.78, 5) is 25.3. The molecule has 60 valence electrons. The van der Waals surface area contributed by atoms with Gasteiger partial charge in [0.2, 0.25) is 0 Å². The van der Waals surface area contributed by atoms with Gasteiger partial charge in [0.15, 0.2) is 11.2 Å². The molecule has 1 N–H and O–H groups in total. The fraction of sp³-hybridized carbons (Fsp3) is 0.111. The summed E-state index contributed by atoms with van der Waals surface area (Å²) in [6.45, 7) is 0. The average Bonchev–Trinajstić information content (AvgIpc) is 2.04. The zero-order valence-electron chi connectivity index (χ0n) is 6.33. The van der Waals surface area contributed by atoms with Crippen LogP contribution in [0.1, 0.15) is 22.5 Å². The Labute approximate surface area is 68.7 Å². The van der Waals surface area contributed by atoms with Crippen LogP contribution in [0, 0.1) is 0 Å². The fourth-order valence-corrected chi connectivity index (χ4v) is 1.30. The summed E-state index contributed by atoms with van der Waals surface area (Å²) in [6, 6.07) is 1.37. The van der Waals surface area contributed by atoms with E-state index >= 15 is 0 Å². The van der Waals surface area contributed by atoms with Gasteiger partial charge in [-0.05, 0) is 6.08 Å². The maximum Gasteiger partial charge on any atom is 0.192 e. The van der Waals surface area contributed by atoms with Crippen molar-refractivity contribution in [3.8, 4) is 0 Å². The summed E-state index contributed by atoms with van der Waals surface area (Å²) in [5, 5.41) is 0. The summed E-state index contributed by atoms with van der Waals surface area (Å²) in [5.41, 5.74) is 0.719. The summed E-state index contributed by atoms with van der Waals surface area (Å²) in [7, 11) is 0. The van der Waals surface area contributed by atoms with Gasteiger partial charge in [0, 0.05) is 18.7 Å². The van der Waals surface area contributed by atoms with Crippen molar-refractivity contribution in [3.05, 3.63) is 39.8 Å². The molecule has 0 amide bonds. The van der Waals surface area contributed by atoms with E-state index < -0.39 is 0 Å². The van der Waals surface area contributed by atoms with Crippen LogP contribution >= 0.6 is 0 Å². The first-order valence-corrected chi connectivity index (χ1v) is 3.70. The maximum atomic E-state index is 11.2. The van der Waals surface area contributed by atoms with E-state index in [1.807, 2.05) is 0 Å². The Bertz CT molecular complexity index is 415. The van der Waals surface area contributed by atoms with Gasteiger partial charge in [-0.1, -0.05) is 6.08 Å². The normalized spacial score (nSPS) is 14.5. The van der Waals surface area contributed by atoms with Gasteiger partial charge in [-0.3, -0.25) is 9.59 Å². The molecular formula is C9H7NO2. The molecular weight excluding hydrogens is 154 g/mol. The maximum absolute atomic E-state index is 11.2. The predicted octanol–water partition coefficient (Wildman–Crippen LogP) is 0.974. The number of ketones is 1. The zero-order valence-corrected chi connectivity index (χ0v) is 6.33. The Morgan fingerprint density at radius 3 is 2.92 bits per heavy atom. The number of hydrogen-bond donors (Lipinski definition) is 1. The van der Waals surface area contributed by atoms with Gasteiger partial charge in [-0.2, -0.15) is 0 Å². The first-order chi connectivity index (χ1) is 5.79. The average molecular weight is 161 g/mol. The van der Waals surface area contributed by atoms with Crippen LogP contribution < -0.4 is 5.43 Å². The molecule has 0 radical (unpaired) electrons. The second-order valence-corrected chi connectivity index (χ2v) is 2.66. The molecule has 0 fully saturated rings. The third-order valence-corrected chi connectivity index (χ3v) is 1.86. The van der Waals surface area contributed by atoms with E-state index in [1.165, 1.54) is 6.07 Å². The molecule has 0 saturated heterocycles. The monoisotopic (exact) mass is 161 g/mol. The van der Waals surface area contributed by atoms with Crippen LogP contribution in [-0.2, 0) is 0 Å². The number of carbonyl (C=O) groups is 1. The summed E-state index contributed by atoms with van der Waals surface area (Å²) in [5.74, 6) is -0.102. The van der Waals surface area contributed by atoms with Crippen molar-refractivity contribution in [3.63, 3.8) is 0 Å². The minimum absolute atomic E-state index is 0.102. The third-order valence-electron chi connectivity index (χ3n) is 1.86. The Morgan fingerprint density at radius 1 is 1.33 bits per heavy atom. The lowest BCUT2D eigenvalue weighted by Crippen LogP contribution is -2.18. The van der Waals surface area contributed by atoms with Gasteiger partial charge in [0.25, 0.3) is 0 Å². The number of H-pyrrole nitrogens is 1. The van der Waals surface area contributed by atoms with Gasteiger partial charge in [0.05, 0.1) is 11.3 Å². The van der Waals surface area contributed by atoms with Crippen molar-refractivity contribution in [2.45, 2.75) is 6.42 Å². The van der Waals surface area contributed by atoms with Crippen LogP contribution in [0.3, 0.4) is 0 Å². The Kier molecular flexibility index (Phi) is 1.43. The number of hydrogen-bond acceptors (Lipinski definition) is 2. The zero-order chi connectivity index (χ0) is 8.55. The van der Waals surface area contributed by atoms with Crippen molar-refractivity contribution in [2.24, 2.45) is 0 Å². The number of nitrogens with one attached hydrogen (secondary N) is 1. The van der Waals surface area contributed by atoms with Crippen LogP contribution in [0.25, 0.3) is 6.08 Å². The standard InChI is InChI=1S/C9H7NO2/c11-7-3-1-2-6-9(7)8(12)4-5-10-6/h1-2,4-5H,3H2,(H,10,12). The molecule has 0 spiro atoms. The second kappa shape index (κ2) is 2.44. The molecule has 3 nitrogen and oxygen atoms in total. The van der Waals surface area contributed by atoms with Gasteiger partial charge in [0.1, 0.15) is 0 Å². The van der Waals surface area contributed by atoms with Crippen molar-refractivity contribution in [1.29, 1.82) is 0 Å². The minimum Gasteiger partial charge on any atom is -0.361 e. The van der Waals surface area contributed by atoms with Crippen molar-refractivity contribution in [1.82, 2.24) is 4.98 Å². The summed E-state index contributed by atoms with van der Waals surface area (Å²) >= 11 is 0. The topological polar surface area (TPSA) is 49.9 Å². The lowest BCUT2D eigenvalue weighted by atomic mass is 10.0. The van der Waals surface area contributed by atoms with Gasteiger partial charge in [-0.15, -0.1) is 0 Å². The van der Waals surface area contributed by atoms with Crippen LogP contribution in [-0.4, -0.2) is 10.8 Å². The van der Waals surface area contributed by atoms with Crippen molar-refractivity contribution < 1.29 is 4.79 Å². The van der Waals surface area contributed by atoms with Gasteiger partial charge >= 0.3 is 0 Å². The molecule has 1 heterocycles. The van der Waals surface area contributed by atoms with E-state index in [4.69, 9.17) is 0 Å². The molecule has 1 aromatic rings. The molecule has 1 aliphatic rings. The Balaban J connectivity index is 2.79. The predicted molar refractivity (Wildman–Crippen MR) is 45.0 cm³/mol. The second-order valence-electron chi connectivity index (χ2n) is 2.66. The Morgan fingerprint density at radius 2 is 2.17 bits per heavy atom. The van der Waals surface area contributed by atoms with E-state index in [1.54, 1.807) is 18.3 Å². The van der Waals surface area contributed by atoms with Gasteiger partial charge < -0.3 is 4.98 Å². The number of carbonyl (C=O) groups excluding carboxylic acids is 1. The molecule has 0 aliphatic heterocycles. The third kappa shape index (κ3) is 0.906. The van der Waals surface area contributed by atoms with E-state index in [9.17, 15) is 9.59 Å². The van der Waals surface area contributed by atoms with Crippen LogP contribution in [0.5, 0.6) is 0 Å². The summed E-state index contributed by atoms with van der Waals surface area (Å²) in [6.07, 6.45) is 5.39. The first-order valence-electron chi connectivity index (χ1n) is 3.70. The minimum atomic E-state index is -0.196. The molecule has 2 rings (SSSR count). The van der Waals surface area contributed by atoms with E-state index in [2.05, 4.69) is 4.98 Å². The number of pyridine rings is 1. The van der Waals surface area contributed by atoms with E-state index in [0.717, 1.165) is 0 Å². The molecule has 1 aromatic heterocycles. The quantitative estimate of drug-likeness (QED) is 0.616. The van der Waals surface area contributed by atoms with E-state index in [0.29, 0.717) is 17.7 Å². The molecule has 0 atom stereocenters. The highest BCUT2D eigenvalue weighted by Gasteiger charge is 2.15. The molecule has 1 aliphatic carbocycles. The smallest absolute Gasteiger partial charge is 0.192 e. The lowest BCUT2D eigenvalue weighted by molar-refractivity contribution is 0.0993. The molecule has 0 aromatic carbocycles. The highest BCUT2D eigenvalue weighted by atomic mass is 16.1. The first kappa shape index (κ1) is 7.03. The molecule has 3 heteroatoms. The molecule has 12 heavy (non-hydrogen) atoms. The van der Waals surface area contributed by atoms with Crippen LogP contribution in [0.2, 0.25) is 0 Å². The number of rotatable bonds is 0. The number of aromatic nitrogens is 1. The SMILES string of the molecule is O=C1CC=Cc2[nH]ccc(=O)c21. The largest absolute Gasteiger partial charge is 0.361 e. The van der Waals surface area contributed by atoms with Gasteiger partial charge in [-0.25, -0.2) is 0 Å². The summed E-state index contributed by atoms with van der Waals surface area (Å²) < 4.78 is 0.